The van der Waals surface area contributed by atoms with Crippen molar-refractivity contribution in [3.05, 3.63) is 29.4 Å². The lowest BCUT2D eigenvalue weighted by atomic mass is 9.89. The second kappa shape index (κ2) is 4.69. The van der Waals surface area contributed by atoms with Gasteiger partial charge in [-0.15, -0.1) is 17.9 Å². The van der Waals surface area contributed by atoms with Crippen LogP contribution in [0, 0.1) is 5.92 Å². The maximum absolute atomic E-state index is 4.42. The van der Waals surface area contributed by atoms with E-state index in [2.05, 4.69) is 28.8 Å². The van der Waals surface area contributed by atoms with Gasteiger partial charge in [-0.05, 0) is 30.7 Å². The number of thiophene rings is 1. The van der Waals surface area contributed by atoms with Crippen LogP contribution in [0.4, 0.5) is 5.82 Å². The zero-order chi connectivity index (χ0) is 12.5. The highest BCUT2D eigenvalue weighted by Gasteiger charge is 2.22. The summed E-state index contributed by atoms with van der Waals surface area (Å²) in [5.41, 5.74) is 1.47. The molecule has 18 heavy (non-hydrogen) atoms. The Morgan fingerprint density at radius 3 is 3.28 bits per heavy atom. The van der Waals surface area contributed by atoms with Crippen LogP contribution in [0.1, 0.15) is 23.8 Å². The Morgan fingerprint density at radius 1 is 1.56 bits per heavy atom. The summed E-state index contributed by atoms with van der Waals surface area (Å²) in [5.74, 6) is 1.76. The van der Waals surface area contributed by atoms with Gasteiger partial charge in [-0.2, -0.15) is 0 Å². The van der Waals surface area contributed by atoms with E-state index >= 15 is 0 Å². The molecule has 4 heteroatoms. The highest BCUT2D eigenvalue weighted by atomic mass is 32.1. The molecular formula is C14H17N3S. The summed E-state index contributed by atoms with van der Waals surface area (Å²) in [6.45, 7) is 6.81. The summed E-state index contributed by atoms with van der Waals surface area (Å²) in [6.07, 6.45) is 7.13. The van der Waals surface area contributed by atoms with E-state index in [0.717, 1.165) is 29.5 Å². The van der Waals surface area contributed by atoms with E-state index in [4.69, 9.17) is 0 Å². The van der Waals surface area contributed by atoms with Gasteiger partial charge in [-0.25, -0.2) is 9.97 Å². The van der Waals surface area contributed by atoms with Crippen LogP contribution in [0.25, 0.3) is 10.2 Å². The predicted molar refractivity (Wildman–Crippen MR) is 77.3 cm³/mol. The average Bonchev–Trinajstić information content (AvgIpc) is 2.73. The standard InChI is InChI=1S/C14H17N3S/c1-3-6-15-13-12-10-5-4-9(2)7-11(10)18-14(12)17-8-16-13/h3,8-9H,1,4-7H2,2H3,(H,15,16,17). The molecule has 0 saturated carbocycles. The highest BCUT2D eigenvalue weighted by molar-refractivity contribution is 7.19. The molecule has 2 aromatic heterocycles. The van der Waals surface area contributed by atoms with Crippen molar-refractivity contribution in [3.8, 4) is 0 Å². The topological polar surface area (TPSA) is 37.8 Å². The number of aryl methyl sites for hydroxylation is 1. The van der Waals surface area contributed by atoms with Gasteiger partial charge in [-0.3, -0.25) is 0 Å². The summed E-state index contributed by atoms with van der Waals surface area (Å²) in [7, 11) is 0. The van der Waals surface area contributed by atoms with Gasteiger partial charge in [-0.1, -0.05) is 13.0 Å². The second-order valence-corrected chi connectivity index (χ2v) is 6.01. The number of nitrogens with zero attached hydrogens (tertiary/aromatic N) is 2. The van der Waals surface area contributed by atoms with Crippen LogP contribution in [0.2, 0.25) is 0 Å². The third-order valence-electron chi connectivity index (χ3n) is 3.51. The molecule has 0 amide bonds. The lowest BCUT2D eigenvalue weighted by Crippen LogP contribution is -2.09. The minimum absolute atomic E-state index is 0.743. The summed E-state index contributed by atoms with van der Waals surface area (Å²) in [5, 5.41) is 4.56. The Bertz CT molecular complexity index is 588. The molecule has 0 fully saturated rings. The largest absolute Gasteiger partial charge is 0.366 e. The Kier molecular flexibility index (Phi) is 3.04. The van der Waals surface area contributed by atoms with Gasteiger partial charge in [0.1, 0.15) is 17.0 Å². The second-order valence-electron chi connectivity index (χ2n) is 4.92. The molecule has 1 aliphatic rings. The van der Waals surface area contributed by atoms with Crippen molar-refractivity contribution in [1.82, 2.24) is 9.97 Å². The molecule has 0 aromatic carbocycles. The average molecular weight is 259 g/mol. The molecule has 0 bridgehead atoms. The summed E-state index contributed by atoms with van der Waals surface area (Å²) < 4.78 is 0. The van der Waals surface area contributed by atoms with Crippen LogP contribution in [0.5, 0.6) is 0 Å². The maximum Gasteiger partial charge on any atom is 0.138 e. The van der Waals surface area contributed by atoms with E-state index in [0.29, 0.717) is 0 Å². The lowest BCUT2D eigenvalue weighted by molar-refractivity contribution is 0.509. The quantitative estimate of drug-likeness (QED) is 0.858. The molecular weight excluding hydrogens is 242 g/mol. The van der Waals surface area contributed by atoms with Gasteiger partial charge >= 0.3 is 0 Å². The van der Waals surface area contributed by atoms with Crippen LogP contribution in [-0.4, -0.2) is 16.5 Å². The van der Waals surface area contributed by atoms with E-state index in [1.165, 1.54) is 28.7 Å². The first kappa shape index (κ1) is 11.7. The van der Waals surface area contributed by atoms with E-state index < -0.39 is 0 Å². The normalized spacial score (nSPS) is 18.6. The van der Waals surface area contributed by atoms with Crippen molar-refractivity contribution in [2.45, 2.75) is 26.2 Å². The first-order valence-corrected chi connectivity index (χ1v) is 7.21. The van der Waals surface area contributed by atoms with Crippen LogP contribution in [-0.2, 0) is 12.8 Å². The van der Waals surface area contributed by atoms with E-state index in [-0.39, 0.29) is 0 Å². The first-order chi connectivity index (χ1) is 8.79. The molecule has 3 nitrogen and oxygen atoms in total. The molecule has 0 spiro atoms. The molecule has 1 N–H and O–H groups in total. The number of nitrogens with one attached hydrogen (secondary N) is 1. The molecule has 2 aromatic rings. The third kappa shape index (κ3) is 1.90. The molecule has 0 radical (unpaired) electrons. The molecule has 1 atom stereocenters. The fourth-order valence-corrected chi connectivity index (χ4v) is 3.93. The Labute approximate surface area is 111 Å². The molecule has 3 rings (SSSR count). The van der Waals surface area contributed by atoms with Crippen LogP contribution in [0.15, 0.2) is 19.0 Å². The molecule has 2 heterocycles. The zero-order valence-corrected chi connectivity index (χ0v) is 11.4. The Balaban J connectivity index is 2.12. The monoisotopic (exact) mass is 259 g/mol. The number of aromatic nitrogens is 2. The van der Waals surface area contributed by atoms with Gasteiger partial charge < -0.3 is 5.32 Å². The van der Waals surface area contributed by atoms with Crippen molar-refractivity contribution in [3.63, 3.8) is 0 Å². The van der Waals surface area contributed by atoms with E-state index in [9.17, 15) is 0 Å². The highest BCUT2D eigenvalue weighted by Crippen LogP contribution is 2.39. The molecule has 1 aliphatic carbocycles. The van der Waals surface area contributed by atoms with Gasteiger partial charge in [0.2, 0.25) is 0 Å². The van der Waals surface area contributed by atoms with Crippen molar-refractivity contribution >= 4 is 27.4 Å². The fraction of sp³-hybridized carbons (Fsp3) is 0.429. The van der Waals surface area contributed by atoms with E-state index in [1.54, 1.807) is 6.33 Å². The number of rotatable bonds is 3. The number of hydrogen-bond donors (Lipinski definition) is 1. The van der Waals surface area contributed by atoms with Crippen molar-refractivity contribution in [2.24, 2.45) is 5.92 Å². The van der Waals surface area contributed by atoms with Gasteiger partial charge in [0.05, 0.1) is 5.39 Å². The zero-order valence-electron chi connectivity index (χ0n) is 10.6. The smallest absolute Gasteiger partial charge is 0.138 e. The maximum atomic E-state index is 4.42. The molecule has 1 unspecified atom stereocenters. The lowest BCUT2D eigenvalue weighted by Gasteiger charge is -2.18. The molecule has 0 saturated heterocycles. The minimum Gasteiger partial charge on any atom is -0.366 e. The van der Waals surface area contributed by atoms with Crippen LogP contribution in [0.3, 0.4) is 0 Å². The molecule has 0 aliphatic heterocycles. The summed E-state index contributed by atoms with van der Waals surface area (Å²) in [6, 6.07) is 0. The SMILES string of the molecule is C=CCNc1ncnc2sc3c(c12)CCC(C)C3. The third-order valence-corrected chi connectivity index (χ3v) is 4.67. The summed E-state index contributed by atoms with van der Waals surface area (Å²) >= 11 is 1.83. The molecule has 94 valence electrons. The Morgan fingerprint density at radius 2 is 2.44 bits per heavy atom. The van der Waals surface area contributed by atoms with Crippen molar-refractivity contribution in [1.29, 1.82) is 0 Å². The number of fused-ring (bicyclic) bond motifs is 3. The summed E-state index contributed by atoms with van der Waals surface area (Å²) in [4.78, 5) is 11.4. The van der Waals surface area contributed by atoms with Crippen LogP contribution >= 0.6 is 11.3 Å². The Hall–Kier alpha value is -1.42. The van der Waals surface area contributed by atoms with E-state index in [1.807, 2.05) is 17.4 Å². The first-order valence-electron chi connectivity index (χ1n) is 6.39. The van der Waals surface area contributed by atoms with Crippen LogP contribution < -0.4 is 5.32 Å². The van der Waals surface area contributed by atoms with Gasteiger partial charge in [0, 0.05) is 11.4 Å². The van der Waals surface area contributed by atoms with Gasteiger partial charge in [0.15, 0.2) is 0 Å². The number of anilines is 1. The van der Waals surface area contributed by atoms with Crippen molar-refractivity contribution < 1.29 is 0 Å². The minimum atomic E-state index is 0.743. The predicted octanol–water partition coefficient (Wildman–Crippen LogP) is 3.41. The van der Waals surface area contributed by atoms with Gasteiger partial charge in [0.25, 0.3) is 0 Å². The number of hydrogen-bond acceptors (Lipinski definition) is 4. The van der Waals surface area contributed by atoms with Crippen molar-refractivity contribution in [2.75, 3.05) is 11.9 Å². The fourth-order valence-electron chi connectivity index (χ4n) is 2.58.